The Morgan fingerprint density at radius 3 is 2.75 bits per heavy atom. The van der Waals surface area contributed by atoms with Gasteiger partial charge in [0.05, 0.1) is 24.6 Å². The second-order valence-electron chi connectivity index (χ2n) is 7.92. The first-order chi connectivity index (χ1) is 13.5. The fraction of sp³-hybridized carbons (Fsp3) is 0.632. The normalized spacial score (nSPS) is 22.4. The van der Waals surface area contributed by atoms with Gasteiger partial charge in [-0.15, -0.1) is 11.3 Å². The second kappa shape index (κ2) is 6.96. The summed E-state index contributed by atoms with van der Waals surface area (Å²) in [5.74, 6) is 0. The number of aromatic nitrogens is 2. The molecule has 0 aromatic carbocycles. The van der Waals surface area contributed by atoms with Crippen LogP contribution in [0.3, 0.4) is 0 Å². The molecule has 1 saturated carbocycles. The molecule has 3 aliphatic rings. The van der Waals surface area contributed by atoms with Crippen molar-refractivity contribution in [1.82, 2.24) is 19.4 Å². The number of hydrogen-bond donors (Lipinski definition) is 1. The first kappa shape index (κ1) is 18.3. The minimum Gasteiger partial charge on any atom is -0.376 e. The number of thiocarbonyl (C=S) groups is 1. The number of hydrogen-bond acceptors (Lipinski definition) is 5. The summed E-state index contributed by atoms with van der Waals surface area (Å²) in [5, 5.41) is 4.63. The molecule has 0 bridgehead atoms. The average molecular weight is 421 g/mol. The molecule has 1 N–H and O–H groups in total. The molecule has 4 heterocycles. The zero-order valence-corrected chi connectivity index (χ0v) is 17.5. The molecule has 7 nitrogen and oxygen atoms in total. The molecule has 9 heteroatoms. The monoisotopic (exact) mass is 420 g/mol. The van der Waals surface area contributed by atoms with Crippen molar-refractivity contribution in [3.8, 4) is 0 Å². The summed E-state index contributed by atoms with van der Waals surface area (Å²) in [6, 6.07) is 0.0539. The number of nitrogens with zero attached hydrogens (tertiary/aromatic N) is 3. The highest BCUT2D eigenvalue weighted by Gasteiger charge is 2.31. The fourth-order valence-corrected chi connectivity index (χ4v) is 5.78. The van der Waals surface area contributed by atoms with E-state index in [4.69, 9.17) is 17.0 Å². The third-order valence-corrected chi connectivity index (χ3v) is 7.65. The van der Waals surface area contributed by atoms with Gasteiger partial charge in [0.2, 0.25) is 0 Å². The smallest absolute Gasteiger partial charge is 0.332 e. The van der Waals surface area contributed by atoms with Crippen LogP contribution in [0.25, 0.3) is 10.2 Å². The fourth-order valence-electron chi connectivity index (χ4n) is 4.20. The van der Waals surface area contributed by atoms with Crippen molar-refractivity contribution in [3.05, 3.63) is 31.3 Å². The van der Waals surface area contributed by atoms with Crippen LogP contribution in [0.1, 0.15) is 42.2 Å². The van der Waals surface area contributed by atoms with Crippen molar-refractivity contribution in [3.63, 3.8) is 0 Å². The highest BCUT2D eigenvalue weighted by molar-refractivity contribution is 7.80. The Hall–Kier alpha value is -1.71. The minimum atomic E-state index is -0.179. The summed E-state index contributed by atoms with van der Waals surface area (Å²) in [7, 11) is 0. The van der Waals surface area contributed by atoms with E-state index in [9.17, 15) is 9.59 Å². The lowest BCUT2D eigenvalue weighted by Crippen LogP contribution is -2.40. The van der Waals surface area contributed by atoms with Gasteiger partial charge in [-0.25, -0.2) is 4.79 Å². The standard InChI is InChI=1S/C19H24N4O3S2/c1-11-14(10-21-7-6-20-18(21)27)28-17-15(11)16(24)23(12-4-5-12)19(25)22(17)9-13-3-2-8-26-13/h12-13H,2-10H2,1H3,(H,20,27). The summed E-state index contributed by atoms with van der Waals surface area (Å²) in [4.78, 5) is 30.5. The van der Waals surface area contributed by atoms with Gasteiger partial charge < -0.3 is 15.0 Å². The molecule has 28 heavy (non-hydrogen) atoms. The van der Waals surface area contributed by atoms with Gasteiger partial charge in [0, 0.05) is 30.6 Å². The van der Waals surface area contributed by atoms with Crippen molar-refractivity contribution >= 4 is 38.9 Å². The summed E-state index contributed by atoms with van der Waals surface area (Å²) in [5.41, 5.74) is 0.671. The maximum atomic E-state index is 13.2. The van der Waals surface area contributed by atoms with Crippen molar-refractivity contribution in [1.29, 1.82) is 0 Å². The number of fused-ring (bicyclic) bond motifs is 1. The van der Waals surface area contributed by atoms with Crippen LogP contribution in [0.15, 0.2) is 9.59 Å². The number of rotatable bonds is 5. The van der Waals surface area contributed by atoms with E-state index in [1.165, 1.54) is 4.57 Å². The van der Waals surface area contributed by atoms with Gasteiger partial charge in [0.25, 0.3) is 5.56 Å². The molecule has 0 amide bonds. The molecule has 3 fully saturated rings. The van der Waals surface area contributed by atoms with Gasteiger partial charge in [-0.2, -0.15) is 0 Å². The van der Waals surface area contributed by atoms with E-state index < -0.39 is 0 Å². The molecule has 0 radical (unpaired) electrons. The van der Waals surface area contributed by atoms with Crippen molar-refractivity contribution in [2.24, 2.45) is 0 Å². The Balaban J connectivity index is 1.65. The van der Waals surface area contributed by atoms with Crippen LogP contribution >= 0.6 is 23.6 Å². The van der Waals surface area contributed by atoms with E-state index in [0.29, 0.717) is 18.5 Å². The molecule has 1 atom stereocenters. The third-order valence-electron chi connectivity index (χ3n) is 5.94. The van der Waals surface area contributed by atoms with Crippen molar-refractivity contribution in [2.75, 3.05) is 19.7 Å². The number of thiophene rings is 1. The van der Waals surface area contributed by atoms with Gasteiger partial charge in [-0.3, -0.25) is 13.9 Å². The van der Waals surface area contributed by atoms with E-state index in [2.05, 4.69) is 10.2 Å². The van der Waals surface area contributed by atoms with E-state index in [0.717, 1.165) is 65.8 Å². The third kappa shape index (κ3) is 3.00. The number of aryl methyl sites for hydroxylation is 1. The van der Waals surface area contributed by atoms with Crippen LogP contribution in [0.2, 0.25) is 0 Å². The molecular formula is C19H24N4O3S2. The quantitative estimate of drug-likeness (QED) is 0.743. The lowest BCUT2D eigenvalue weighted by Gasteiger charge is -2.15. The predicted molar refractivity (Wildman–Crippen MR) is 113 cm³/mol. The van der Waals surface area contributed by atoms with Crippen LogP contribution in [-0.4, -0.2) is 44.9 Å². The van der Waals surface area contributed by atoms with E-state index in [-0.39, 0.29) is 23.4 Å². The zero-order chi connectivity index (χ0) is 19.4. The Morgan fingerprint density at radius 2 is 2.11 bits per heavy atom. The Labute approximate surface area is 171 Å². The van der Waals surface area contributed by atoms with Gasteiger partial charge in [-0.1, -0.05) is 0 Å². The molecule has 0 spiro atoms. The first-order valence-electron chi connectivity index (χ1n) is 9.96. The van der Waals surface area contributed by atoms with Crippen LogP contribution < -0.4 is 16.6 Å². The molecular weight excluding hydrogens is 396 g/mol. The van der Waals surface area contributed by atoms with Crippen LogP contribution in [-0.2, 0) is 17.8 Å². The van der Waals surface area contributed by atoms with E-state index in [1.54, 1.807) is 15.9 Å². The molecule has 1 aliphatic carbocycles. The Kier molecular flexibility index (Phi) is 4.56. The molecule has 150 valence electrons. The molecule has 1 unspecified atom stereocenters. The predicted octanol–water partition coefficient (Wildman–Crippen LogP) is 1.74. The van der Waals surface area contributed by atoms with Gasteiger partial charge in [-0.05, 0) is 50.4 Å². The molecule has 2 saturated heterocycles. The highest BCUT2D eigenvalue weighted by Crippen LogP contribution is 2.35. The largest absolute Gasteiger partial charge is 0.376 e. The maximum Gasteiger partial charge on any atom is 0.332 e. The first-order valence-corrected chi connectivity index (χ1v) is 11.2. The minimum absolute atomic E-state index is 0.0484. The summed E-state index contributed by atoms with van der Waals surface area (Å²) < 4.78 is 9.08. The highest BCUT2D eigenvalue weighted by atomic mass is 32.1. The average Bonchev–Trinajstić information content (AvgIpc) is 3.06. The summed E-state index contributed by atoms with van der Waals surface area (Å²) >= 11 is 6.93. The second-order valence-corrected chi connectivity index (χ2v) is 9.39. The van der Waals surface area contributed by atoms with Gasteiger partial charge in [0.1, 0.15) is 4.83 Å². The SMILES string of the molecule is Cc1c(CN2CCNC2=S)sc2c1c(=O)n(C1CC1)c(=O)n2CC1CCCO1. The topological polar surface area (TPSA) is 68.5 Å². The summed E-state index contributed by atoms with van der Waals surface area (Å²) in [6.07, 6.45) is 3.85. The van der Waals surface area contributed by atoms with Crippen LogP contribution in [0, 0.1) is 6.92 Å². The van der Waals surface area contributed by atoms with Gasteiger partial charge in [0.15, 0.2) is 5.11 Å². The Bertz CT molecular complexity index is 1060. The zero-order valence-electron chi connectivity index (χ0n) is 15.9. The maximum absolute atomic E-state index is 13.2. The van der Waals surface area contributed by atoms with Crippen molar-refractivity contribution < 1.29 is 4.74 Å². The lowest BCUT2D eigenvalue weighted by molar-refractivity contribution is 0.0966. The number of ether oxygens (including phenoxy) is 1. The summed E-state index contributed by atoms with van der Waals surface area (Å²) in [6.45, 7) is 5.65. The van der Waals surface area contributed by atoms with E-state index >= 15 is 0 Å². The Morgan fingerprint density at radius 1 is 1.29 bits per heavy atom. The molecule has 2 aromatic rings. The molecule has 5 rings (SSSR count). The van der Waals surface area contributed by atoms with Gasteiger partial charge >= 0.3 is 5.69 Å². The molecule has 2 aromatic heterocycles. The molecule has 2 aliphatic heterocycles. The van der Waals surface area contributed by atoms with Crippen LogP contribution in [0.4, 0.5) is 0 Å². The van der Waals surface area contributed by atoms with Crippen molar-refractivity contribution in [2.45, 2.75) is 57.8 Å². The van der Waals surface area contributed by atoms with E-state index in [1.807, 2.05) is 6.92 Å². The lowest BCUT2D eigenvalue weighted by atomic mass is 10.2. The van der Waals surface area contributed by atoms with Crippen LogP contribution in [0.5, 0.6) is 0 Å². The number of nitrogens with one attached hydrogen (secondary N) is 1.